The fourth-order valence-electron chi connectivity index (χ4n) is 2.65. The average molecular weight is 446 g/mol. The molecule has 1 N–H and O–H groups in total. The van der Waals surface area contributed by atoms with Gasteiger partial charge in [0.25, 0.3) is 5.91 Å². The van der Waals surface area contributed by atoms with Crippen LogP contribution in [0.1, 0.15) is 28.5 Å². The fourth-order valence-corrected chi connectivity index (χ4v) is 3.53. The lowest BCUT2D eigenvalue weighted by molar-refractivity contribution is -0.137. The Bertz CT molecular complexity index is 1120. The number of alkyl halides is 3. The Labute approximate surface area is 180 Å². The Hall–Kier alpha value is -3.33. The van der Waals surface area contributed by atoms with Crippen molar-refractivity contribution in [3.63, 3.8) is 0 Å². The highest BCUT2D eigenvalue weighted by Gasteiger charge is 2.30. The number of benzene rings is 2. The van der Waals surface area contributed by atoms with Crippen molar-refractivity contribution in [2.45, 2.75) is 29.8 Å². The number of aryl methyl sites for hydroxylation is 1. The number of ether oxygens (including phenoxy) is 1. The second-order valence-electron chi connectivity index (χ2n) is 6.51. The first-order valence-corrected chi connectivity index (χ1v) is 9.85. The molecule has 0 aliphatic carbocycles. The maximum absolute atomic E-state index is 12.7. The van der Waals surface area contributed by atoms with E-state index in [2.05, 4.69) is 10.3 Å². The van der Waals surface area contributed by atoms with Crippen LogP contribution in [0.4, 0.5) is 18.9 Å². The Morgan fingerprint density at radius 2 is 1.74 bits per heavy atom. The maximum atomic E-state index is 12.7. The minimum absolute atomic E-state index is 0.0315. The van der Waals surface area contributed by atoms with E-state index in [1.54, 1.807) is 37.3 Å². The van der Waals surface area contributed by atoms with Gasteiger partial charge in [-0.05, 0) is 61.0 Å². The molecule has 2 aromatic carbocycles. The van der Waals surface area contributed by atoms with Gasteiger partial charge in [0.05, 0.1) is 5.56 Å². The molecule has 0 atom stereocenters. The zero-order chi connectivity index (χ0) is 22.6. The fraction of sp³-hybridized carbons (Fsp3) is 0.136. The largest absolute Gasteiger partial charge is 0.424 e. The van der Waals surface area contributed by atoms with Gasteiger partial charge in [0.1, 0.15) is 0 Å². The number of amides is 1. The van der Waals surface area contributed by atoms with E-state index in [4.69, 9.17) is 4.74 Å². The van der Waals surface area contributed by atoms with Crippen LogP contribution in [0.2, 0.25) is 0 Å². The lowest BCUT2D eigenvalue weighted by Gasteiger charge is -2.12. The van der Waals surface area contributed by atoms with Crippen molar-refractivity contribution >= 4 is 29.3 Å². The summed E-state index contributed by atoms with van der Waals surface area (Å²) in [6, 6.07) is 13.3. The molecule has 3 aromatic rings. The van der Waals surface area contributed by atoms with Crippen LogP contribution in [-0.2, 0) is 11.0 Å². The third kappa shape index (κ3) is 5.85. The predicted molar refractivity (Wildman–Crippen MR) is 110 cm³/mol. The summed E-state index contributed by atoms with van der Waals surface area (Å²) < 4.78 is 43.2. The number of hydrogen-bond donors (Lipinski definition) is 1. The monoisotopic (exact) mass is 446 g/mol. The quantitative estimate of drug-likeness (QED) is 0.507. The molecule has 0 saturated heterocycles. The summed E-state index contributed by atoms with van der Waals surface area (Å²) in [6.45, 7) is 2.92. The van der Waals surface area contributed by atoms with Gasteiger partial charge >= 0.3 is 12.1 Å². The molecule has 0 radical (unpaired) electrons. The number of halogens is 3. The molecule has 0 saturated carbocycles. The van der Waals surface area contributed by atoms with Gasteiger partial charge in [-0.3, -0.25) is 9.59 Å². The van der Waals surface area contributed by atoms with Gasteiger partial charge in [-0.1, -0.05) is 17.8 Å². The van der Waals surface area contributed by atoms with Gasteiger partial charge in [0, 0.05) is 28.6 Å². The number of carbonyl (C=O) groups is 2. The second-order valence-corrected chi connectivity index (χ2v) is 7.65. The van der Waals surface area contributed by atoms with Crippen LogP contribution in [0.15, 0.2) is 70.6 Å². The summed E-state index contributed by atoms with van der Waals surface area (Å²) in [4.78, 5) is 29.4. The Kier molecular flexibility index (Phi) is 6.65. The molecule has 0 aliphatic rings. The van der Waals surface area contributed by atoms with E-state index in [9.17, 15) is 22.8 Å². The van der Waals surface area contributed by atoms with Gasteiger partial charge in [0.15, 0.2) is 11.4 Å². The van der Waals surface area contributed by atoms with Crippen LogP contribution in [0.5, 0.6) is 5.75 Å². The zero-order valence-corrected chi connectivity index (χ0v) is 17.3. The minimum Gasteiger partial charge on any atom is -0.424 e. The number of carbonyl (C=O) groups excluding carboxylic acids is 2. The standard InChI is InChI=1S/C22H17F3N2O3S/c1-13-10-11-26-19(20(13)30-14(2)28)21(29)27-16-4-3-5-18(12-16)31-17-8-6-15(7-9-17)22(23,24)25/h3-12H,1-2H3,(H,27,29). The number of rotatable bonds is 5. The molecule has 9 heteroatoms. The highest BCUT2D eigenvalue weighted by Crippen LogP contribution is 2.34. The van der Waals surface area contributed by atoms with Gasteiger partial charge in [0.2, 0.25) is 0 Å². The lowest BCUT2D eigenvalue weighted by atomic mass is 10.2. The van der Waals surface area contributed by atoms with Crippen LogP contribution in [0.25, 0.3) is 0 Å². The van der Waals surface area contributed by atoms with E-state index in [-0.39, 0.29) is 11.4 Å². The molecule has 0 fully saturated rings. The highest BCUT2D eigenvalue weighted by molar-refractivity contribution is 7.99. The van der Waals surface area contributed by atoms with E-state index in [1.165, 1.54) is 37.0 Å². The maximum Gasteiger partial charge on any atom is 0.416 e. The van der Waals surface area contributed by atoms with Gasteiger partial charge in [-0.15, -0.1) is 0 Å². The molecule has 0 bridgehead atoms. The van der Waals surface area contributed by atoms with Gasteiger partial charge < -0.3 is 10.1 Å². The van der Waals surface area contributed by atoms with Crippen molar-refractivity contribution < 1.29 is 27.5 Å². The van der Waals surface area contributed by atoms with Crippen LogP contribution in [-0.4, -0.2) is 16.9 Å². The van der Waals surface area contributed by atoms with Crippen molar-refractivity contribution in [1.29, 1.82) is 0 Å². The average Bonchev–Trinajstić information content (AvgIpc) is 2.69. The van der Waals surface area contributed by atoms with Crippen molar-refractivity contribution in [2.24, 2.45) is 0 Å². The second kappa shape index (κ2) is 9.22. The van der Waals surface area contributed by atoms with E-state index >= 15 is 0 Å². The van der Waals surface area contributed by atoms with Crippen molar-refractivity contribution in [3.8, 4) is 5.75 Å². The molecule has 0 unspecified atom stereocenters. The summed E-state index contributed by atoms with van der Waals surface area (Å²) in [5, 5.41) is 2.70. The van der Waals surface area contributed by atoms with E-state index in [1.807, 2.05) is 0 Å². The number of nitrogens with one attached hydrogen (secondary N) is 1. The van der Waals surface area contributed by atoms with E-state index in [0.717, 1.165) is 17.0 Å². The Balaban J connectivity index is 1.76. The number of esters is 1. The summed E-state index contributed by atoms with van der Waals surface area (Å²) in [5.41, 5.74) is 0.295. The number of anilines is 1. The molecule has 1 amide bonds. The van der Waals surface area contributed by atoms with Gasteiger partial charge in [-0.25, -0.2) is 4.98 Å². The summed E-state index contributed by atoms with van der Waals surface area (Å²) in [7, 11) is 0. The molecular weight excluding hydrogens is 429 g/mol. The van der Waals surface area contributed by atoms with Crippen molar-refractivity contribution in [3.05, 3.63) is 77.6 Å². The normalized spacial score (nSPS) is 11.1. The van der Waals surface area contributed by atoms with Crippen LogP contribution >= 0.6 is 11.8 Å². The number of hydrogen-bond acceptors (Lipinski definition) is 5. The number of aromatic nitrogens is 1. The van der Waals surface area contributed by atoms with Crippen LogP contribution in [0, 0.1) is 6.92 Å². The van der Waals surface area contributed by atoms with Gasteiger partial charge in [-0.2, -0.15) is 13.2 Å². The van der Waals surface area contributed by atoms with Crippen LogP contribution < -0.4 is 10.1 Å². The lowest BCUT2D eigenvalue weighted by Crippen LogP contribution is -2.17. The van der Waals surface area contributed by atoms with Crippen LogP contribution in [0.3, 0.4) is 0 Å². The predicted octanol–water partition coefficient (Wildman–Crippen LogP) is 5.74. The first-order chi connectivity index (χ1) is 14.6. The molecule has 3 rings (SSSR count). The molecule has 0 spiro atoms. The number of pyridine rings is 1. The molecule has 5 nitrogen and oxygen atoms in total. The summed E-state index contributed by atoms with van der Waals surface area (Å²) in [6.07, 6.45) is -2.95. The first-order valence-electron chi connectivity index (χ1n) is 9.04. The molecule has 0 aliphatic heterocycles. The molecule has 160 valence electrons. The third-order valence-electron chi connectivity index (χ3n) is 4.07. The zero-order valence-electron chi connectivity index (χ0n) is 16.5. The third-order valence-corrected chi connectivity index (χ3v) is 5.07. The SMILES string of the molecule is CC(=O)Oc1c(C)ccnc1C(=O)Nc1cccc(Sc2ccc(C(F)(F)F)cc2)c1. The Morgan fingerprint density at radius 1 is 1.03 bits per heavy atom. The summed E-state index contributed by atoms with van der Waals surface area (Å²) >= 11 is 1.25. The molecule has 31 heavy (non-hydrogen) atoms. The van der Waals surface area contributed by atoms with E-state index in [0.29, 0.717) is 16.1 Å². The van der Waals surface area contributed by atoms with Crippen molar-refractivity contribution in [2.75, 3.05) is 5.32 Å². The minimum atomic E-state index is -4.39. The van der Waals surface area contributed by atoms with E-state index < -0.39 is 23.6 Å². The highest BCUT2D eigenvalue weighted by atomic mass is 32.2. The molecule has 1 aromatic heterocycles. The van der Waals surface area contributed by atoms with Crippen molar-refractivity contribution in [1.82, 2.24) is 4.98 Å². The Morgan fingerprint density at radius 3 is 2.39 bits per heavy atom. The molecule has 1 heterocycles. The summed E-state index contributed by atoms with van der Waals surface area (Å²) in [5.74, 6) is -1.04. The smallest absolute Gasteiger partial charge is 0.416 e. The topological polar surface area (TPSA) is 68.3 Å². The molecular formula is C22H17F3N2O3S. The number of nitrogens with zero attached hydrogens (tertiary/aromatic N) is 1. The first kappa shape index (κ1) is 22.4.